The van der Waals surface area contributed by atoms with Crippen LogP contribution in [-0.4, -0.2) is 92.1 Å². The number of hydrogen-bond donors (Lipinski definition) is 6. The Labute approximate surface area is 135 Å². The number of aliphatic hydroxyl groups is 4. The molecule has 0 bridgehead atoms. The largest absolute Gasteiger partial charge is 0.479 e. The van der Waals surface area contributed by atoms with Gasteiger partial charge in [-0.15, -0.1) is 0 Å². The lowest BCUT2D eigenvalue weighted by Crippen LogP contribution is -2.41. The van der Waals surface area contributed by atoms with E-state index in [0.29, 0.717) is 0 Å². The summed E-state index contributed by atoms with van der Waals surface area (Å²) >= 11 is 0. The molecule has 0 amide bonds. The topological polar surface area (TPSA) is 208 Å². The third kappa shape index (κ3) is 8.99. The molecule has 0 aliphatic heterocycles. The first kappa shape index (κ1) is 24.0. The van der Waals surface area contributed by atoms with Crippen LogP contribution in [0.1, 0.15) is 13.8 Å². The third-order valence-corrected chi connectivity index (χ3v) is 2.16. The van der Waals surface area contributed by atoms with Gasteiger partial charge in [-0.1, -0.05) is 0 Å². The Kier molecular flexibility index (Phi) is 12.2. The monoisotopic (exact) mass is 356 g/mol. The number of esters is 2. The number of carboxylic acid groups (broad SMARTS) is 2. The summed E-state index contributed by atoms with van der Waals surface area (Å²) < 4.78 is 8.79. The van der Waals surface area contributed by atoms with Gasteiger partial charge in [0.25, 0.3) is 0 Å². The second kappa shape index (κ2) is 12.2. The van der Waals surface area contributed by atoms with Gasteiger partial charge in [-0.2, -0.15) is 0 Å². The van der Waals surface area contributed by atoms with Crippen molar-refractivity contribution in [1.29, 1.82) is 0 Å². The van der Waals surface area contributed by atoms with Gasteiger partial charge in [0, 0.05) is 0 Å². The SMILES string of the molecule is CCOC(=O)C(O)C(O)C(=O)OCC.O=C(O)C(O)C(O)C(=O)O. The molecule has 0 aromatic carbocycles. The number of aliphatic carboxylic acids is 2. The lowest BCUT2D eigenvalue weighted by molar-refractivity contribution is -0.172. The van der Waals surface area contributed by atoms with Gasteiger partial charge in [0.1, 0.15) is 0 Å². The Morgan fingerprint density at radius 1 is 0.667 bits per heavy atom. The molecule has 140 valence electrons. The molecule has 0 heterocycles. The number of carbonyl (C=O) groups excluding carboxylic acids is 2. The van der Waals surface area contributed by atoms with E-state index in [0.717, 1.165) is 0 Å². The fraction of sp³-hybridized carbons (Fsp3) is 0.667. The predicted molar refractivity (Wildman–Crippen MR) is 72.6 cm³/mol. The minimum absolute atomic E-state index is 0.0610. The Bertz CT molecular complexity index is 394. The fourth-order valence-electron chi connectivity index (χ4n) is 0.983. The van der Waals surface area contributed by atoms with Gasteiger partial charge < -0.3 is 40.1 Å². The van der Waals surface area contributed by atoms with Gasteiger partial charge in [0.05, 0.1) is 13.2 Å². The van der Waals surface area contributed by atoms with Crippen molar-refractivity contribution in [2.24, 2.45) is 0 Å². The number of rotatable bonds is 8. The quantitative estimate of drug-likeness (QED) is 0.236. The van der Waals surface area contributed by atoms with Crippen LogP contribution < -0.4 is 0 Å². The molecule has 0 aliphatic carbocycles. The Morgan fingerprint density at radius 3 is 1.08 bits per heavy atom. The molecular formula is C12H20O12. The summed E-state index contributed by atoms with van der Waals surface area (Å²) in [5.41, 5.74) is 0. The van der Waals surface area contributed by atoms with Crippen LogP contribution in [0.25, 0.3) is 0 Å². The molecular weight excluding hydrogens is 336 g/mol. The second-order valence-corrected chi connectivity index (χ2v) is 3.96. The maximum absolute atomic E-state index is 10.9. The Morgan fingerprint density at radius 2 is 0.917 bits per heavy atom. The average Bonchev–Trinajstić information content (AvgIpc) is 2.52. The van der Waals surface area contributed by atoms with E-state index in [1.54, 1.807) is 13.8 Å². The maximum Gasteiger partial charge on any atom is 0.338 e. The van der Waals surface area contributed by atoms with Crippen LogP contribution in [0.2, 0.25) is 0 Å². The van der Waals surface area contributed by atoms with Gasteiger partial charge in [0.2, 0.25) is 0 Å². The molecule has 24 heavy (non-hydrogen) atoms. The molecule has 0 fully saturated rings. The van der Waals surface area contributed by atoms with E-state index in [4.69, 9.17) is 30.6 Å². The average molecular weight is 356 g/mol. The smallest absolute Gasteiger partial charge is 0.338 e. The van der Waals surface area contributed by atoms with Crippen molar-refractivity contribution >= 4 is 23.9 Å². The van der Waals surface area contributed by atoms with E-state index in [9.17, 15) is 19.2 Å². The Balaban J connectivity index is 0. The highest BCUT2D eigenvalue weighted by molar-refractivity contribution is 5.85. The maximum atomic E-state index is 10.9. The predicted octanol–water partition coefficient (Wildman–Crippen LogP) is -3.29. The van der Waals surface area contributed by atoms with Crippen molar-refractivity contribution in [2.75, 3.05) is 13.2 Å². The molecule has 0 aliphatic rings. The molecule has 4 unspecified atom stereocenters. The van der Waals surface area contributed by atoms with E-state index < -0.39 is 48.3 Å². The zero-order valence-corrected chi connectivity index (χ0v) is 12.9. The van der Waals surface area contributed by atoms with E-state index in [-0.39, 0.29) is 13.2 Å². The molecule has 0 aromatic heterocycles. The third-order valence-electron chi connectivity index (χ3n) is 2.16. The normalized spacial score (nSPS) is 14.9. The highest BCUT2D eigenvalue weighted by atomic mass is 16.6. The number of carboxylic acids is 2. The summed E-state index contributed by atoms with van der Waals surface area (Å²) in [5.74, 6) is -5.63. The van der Waals surface area contributed by atoms with Crippen molar-refractivity contribution < 1.29 is 59.3 Å². The minimum Gasteiger partial charge on any atom is -0.479 e. The van der Waals surface area contributed by atoms with Gasteiger partial charge in [-0.25, -0.2) is 19.2 Å². The van der Waals surface area contributed by atoms with Crippen molar-refractivity contribution in [2.45, 2.75) is 38.3 Å². The van der Waals surface area contributed by atoms with Crippen molar-refractivity contribution in [1.82, 2.24) is 0 Å². The lowest BCUT2D eigenvalue weighted by atomic mass is 10.2. The molecule has 0 saturated carbocycles. The van der Waals surface area contributed by atoms with Crippen LogP contribution in [0.3, 0.4) is 0 Å². The highest BCUT2D eigenvalue weighted by Gasteiger charge is 2.32. The Hall–Kier alpha value is -2.28. The first-order valence-electron chi connectivity index (χ1n) is 6.52. The first-order chi connectivity index (χ1) is 11.0. The molecule has 12 heteroatoms. The van der Waals surface area contributed by atoms with Gasteiger partial charge in [0.15, 0.2) is 24.4 Å². The molecule has 4 atom stereocenters. The van der Waals surface area contributed by atoms with Crippen LogP contribution in [0.15, 0.2) is 0 Å². The lowest BCUT2D eigenvalue weighted by Gasteiger charge is -2.14. The summed E-state index contributed by atoms with van der Waals surface area (Å²) in [7, 11) is 0. The number of carbonyl (C=O) groups is 4. The number of aliphatic hydroxyl groups excluding tert-OH is 4. The second-order valence-electron chi connectivity index (χ2n) is 3.96. The van der Waals surface area contributed by atoms with Gasteiger partial charge in [-0.3, -0.25) is 0 Å². The summed E-state index contributed by atoms with van der Waals surface area (Å²) in [6.07, 6.45) is -8.32. The van der Waals surface area contributed by atoms with E-state index >= 15 is 0 Å². The van der Waals surface area contributed by atoms with Crippen molar-refractivity contribution in [3.8, 4) is 0 Å². The van der Waals surface area contributed by atoms with Crippen molar-refractivity contribution in [3.63, 3.8) is 0 Å². The molecule has 12 nitrogen and oxygen atoms in total. The minimum atomic E-state index is -2.27. The summed E-state index contributed by atoms with van der Waals surface area (Å²) in [6, 6.07) is 0. The van der Waals surface area contributed by atoms with Gasteiger partial charge >= 0.3 is 23.9 Å². The fourth-order valence-corrected chi connectivity index (χ4v) is 0.983. The molecule has 0 spiro atoms. The molecule has 0 aromatic rings. The highest BCUT2D eigenvalue weighted by Crippen LogP contribution is 1.99. The summed E-state index contributed by atoms with van der Waals surface area (Å²) in [5, 5.41) is 50.7. The molecule has 6 N–H and O–H groups in total. The van der Waals surface area contributed by atoms with Crippen LogP contribution in [0.5, 0.6) is 0 Å². The first-order valence-corrected chi connectivity index (χ1v) is 6.52. The zero-order valence-electron chi connectivity index (χ0n) is 12.9. The van der Waals surface area contributed by atoms with Gasteiger partial charge in [-0.05, 0) is 13.8 Å². The molecule has 0 saturated heterocycles. The van der Waals surface area contributed by atoms with E-state index in [1.807, 2.05) is 0 Å². The number of hydrogen-bond acceptors (Lipinski definition) is 10. The van der Waals surface area contributed by atoms with E-state index in [1.165, 1.54) is 0 Å². The van der Waals surface area contributed by atoms with Crippen LogP contribution in [0.4, 0.5) is 0 Å². The number of ether oxygens (including phenoxy) is 2. The standard InChI is InChI=1S/C8H14O6.C4H6O6/c1-3-13-7(11)5(9)6(10)8(12)14-4-2;5-1(3(7)8)2(6)4(9)10/h5-6,9-10H,3-4H2,1-2H3;1-2,5-6H,(H,7,8)(H,9,10). The van der Waals surface area contributed by atoms with E-state index in [2.05, 4.69) is 9.47 Å². The van der Waals surface area contributed by atoms with Crippen LogP contribution >= 0.6 is 0 Å². The summed E-state index contributed by atoms with van der Waals surface area (Å²) in [4.78, 5) is 41.3. The summed E-state index contributed by atoms with van der Waals surface area (Å²) in [6.45, 7) is 3.21. The van der Waals surface area contributed by atoms with Crippen molar-refractivity contribution in [3.05, 3.63) is 0 Å². The molecule has 0 rings (SSSR count). The zero-order chi connectivity index (χ0) is 19.4. The molecule has 0 radical (unpaired) electrons. The van der Waals surface area contributed by atoms with Crippen LogP contribution in [0, 0.1) is 0 Å². The van der Waals surface area contributed by atoms with Crippen LogP contribution in [-0.2, 0) is 28.7 Å².